The van der Waals surface area contributed by atoms with E-state index in [1.165, 1.54) is 0 Å². The maximum atomic E-state index is 12.4. The molecule has 1 aliphatic rings. The fraction of sp³-hybridized carbons (Fsp3) is 0.385. The molecule has 2 rings (SSSR count). The highest BCUT2D eigenvalue weighted by Gasteiger charge is 2.24. The molecule has 1 aliphatic heterocycles. The van der Waals surface area contributed by atoms with Gasteiger partial charge >= 0.3 is 0 Å². The summed E-state index contributed by atoms with van der Waals surface area (Å²) in [5.74, 6) is -0.0314. The molecule has 19 heavy (non-hydrogen) atoms. The van der Waals surface area contributed by atoms with Gasteiger partial charge in [0.25, 0.3) is 5.91 Å². The molecule has 0 saturated carbocycles. The molecule has 6 heteroatoms. The average Bonchev–Trinajstić information content (AvgIpc) is 2.41. The number of halogens is 1. The van der Waals surface area contributed by atoms with Crippen LogP contribution in [-0.4, -0.2) is 47.8 Å². The number of carbonyl (C=O) groups excluding carboxylic acids is 2. The predicted octanol–water partition coefficient (Wildman–Crippen LogP) is 1.34. The van der Waals surface area contributed by atoms with Crippen molar-refractivity contribution in [3.05, 3.63) is 28.2 Å². The zero-order valence-corrected chi connectivity index (χ0v) is 12.3. The highest BCUT2D eigenvalue weighted by atomic mass is 79.9. The molecule has 1 saturated heterocycles. The van der Waals surface area contributed by atoms with E-state index < -0.39 is 0 Å². The van der Waals surface area contributed by atoms with Crippen LogP contribution in [0.5, 0.6) is 0 Å². The molecule has 0 unspecified atom stereocenters. The first-order valence-corrected chi connectivity index (χ1v) is 6.88. The van der Waals surface area contributed by atoms with Crippen LogP contribution < -0.4 is 5.73 Å². The number of amides is 2. The third-order valence-electron chi connectivity index (χ3n) is 3.26. The number of benzene rings is 1. The van der Waals surface area contributed by atoms with E-state index in [1.807, 2.05) is 0 Å². The van der Waals surface area contributed by atoms with Gasteiger partial charge in [-0.3, -0.25) is 9.59 Å². The molecule has 0 spiro atoms. The van der Waals surface area contributed by atoms with Crippen molar-refractivity contribution in [2.75, 3.05) is 31.9 Å². The predicted molar refractivity (Wildman–Crippen MR) is 76.7 cm³/mol. The minimum absolute atomic E-state index is 0.0501. The van der Waals surface area contributed by atoms with Crippen LogP contribution in [0.2, 0.25) is 0 Å². The summed E-state index contributed by atoms with van der Waals surface area (Å²) in [5.41, 5.74) is 6.82. The van der Waals surface area contributed by atoms with Gasteiger partial charge in [-0.05, 0) is 18.2 Å². The van der Waals surface area contributed by atoms with E-state index in [-0.39, 0.29) is 11.8 Å². The first kappa shape index (κ1) is 13.9. The number of rotatable bonds is 1. The fourth-order valence-corrected chi connectivity index (χ4v) is 2.47. The Kier molecular flexibility index (Phi) is 4.09. The Hall–Kier alpha value is -1.56. The quantitative estimate of drug-likeness (QED) is 0.792. The molecular formula is C13H16BrN3O2. The lowest BCUT2D eigenvalue weighted by Gasteiger charge is -2.34. The van der Waals surface area contributed by atoms with Gasteiger partial charge in [-0.15, -0.1) is 0 Å². The molecular weight excluding hydrogens is 310 g/mol. The van der Waals surface area contributed by atoms with E-state index >= 15 is 0 Å². The van der Waals surface area contributed by atoms with Crippen LogP contribution in [0.4, 0.5) is 5.69 Å². The summed E-state index contributed by atoms with van der Waals surface area (Å²) in [7, 11) is 0. The van der Waals surface area contributed by atoms with Gasteiger partial charge in [-0.25, -0.2) is 0 Å². The van der Waals surface area contributed by atoms with E-state index in [4.69, 9.17) is 5.73 Å². The van der Waals surface area contributed by atoms with E-state index in [2.05, 4.69) is 15.9 Å². The molecule has 0 bridgehead atoms. The number of piperazine rings is 1. The summed E-state index contributed by atoms with van der Waals surface area (Å²) in [6.45, 7) is 3.79. The topological polar surface area (TPSA) is 66.6 Å². The smallest absolute Gasteiger partial charge is 0.256 e. The van der Waals surface area contributed by atoms with Crippen molar-refractivity contribution < 1.29 is 9.59 Å². The summed E-state index contributed by atoms with van der Waals surface area (Å²) in [6.07, 6.45) is 0. The Morgan fingerprint density at radius 1 is 1.16 bits per heavy atom. The van der Waals surface area contributed by atoms with Gasteiger partial charge in [0.1, 0.15) is 0 Å². The molecule has 0 atom stereocenters. The molecule has 2 amide bonds. The van der Waals surface area contributed by atoms with Crippen LogP contribution in [0, 0.1) is 0 Å². The molecule has 2 N–H and O–H groups in total. The maximum absolute atomic E-state index is 12.4. The maximum Gasteiger partial charge on any atom is 0.256 e. The lowest BCUT2D eigenvalue weighted by Crippen LogP contribution is -2.50. The van der Waals surface area contributed by atoms with Gasteiger partial charge in [-0.1, -0.05) is 15.9 Å². The van der Waals surface area contributed by atoms with Crippen LogP contribution in [0.3, 0.4) is 0 Å². The Morgan fingerprint density at radius 3 is 2.32 bits per heavy atom. The van der Waals surface area contributed by atoms with Crippen molar-refractivity contribution in [1.29, 1.82) is 0 Å². The van der Waals surface area contributed by atoms with Crippen molar-refractivity contribution in [2.24, 2.45) is 0 Å². The van der Waals surface area contributed by atoms with Gasteiger partial charge < -0.3 is 15.5 Å². The van der Waals surface area contributed by atoms with Crippen molar-refractivity contribution in [3.8, 4) is 0 Å². The number of hydrogen-bond acceptors (Lipinski definition) is 3. The van der Waals surface area contributed by atoms with Crippen molar-refractivity contribution >= 4 is 33.4 Å². The van der Waals surface area contributed by atoms with Crippen LogP contribution in [0.25, 0.3) is 0 Å². The summed E-state index contributed by atoms with van der Waals surface area (Å²) < 4.78 is 0.826. The van der Waals surface area contributed by atoms with Crippen LogP contribution in [0.1, 0.15) is 17.3 Å². The summed E-state index contributed by atoms with van der Waals surface area (Å²) >= 11 is 3.34. The Balaban J connectivity index is 2.09. The lowest BCUT2D eigenvalue weighted by molar-refractivity contribution is -0.130. The minimum atomic E-state index is -0.0815. The van der Waals surface area contributed by atoms with Crippen LogP contribution in [0.15, 0.2) is 22.7 Å². The molecule has 1 heterocycles. The van der Waals surface area contributed by atoms with Crippen molar-refractivity contribution in [3.63, 3.8) is 0 Å². The fourth-order valence-electron chi connectivity index (χ4n) is 2.11. The first-order valence-electron chi connectivity index (χ1n) is 6.09. The third-order valence-corrected chi connectivity index (χ3v) is 3.75. The highest BCUT2D eigenvalue weighted by molar-refractivity contribution is 9.10. The molecule has 1 aromatic rings. The number of nitrogen functional groups attached to an aromatic ring is 1. The largest absolute Gasteiger partial charge is 0.398 e. The lowest BCUT2D eigenvalue weighted by atomic mass is 10.1. The Morgan fingerprint density at radius 2 is 1.74 bits per heavy atom. The molecule has 1 fully saturated rings. The number of nitrogens with two attached hydrogens (primary N) is 1. The second-order valence-electron chi connectivity index (χ2n) is 4.53. The Bertz CT molecular complexity index is 511. The minimum Gasteiger partial charge on any atom is -0.398 e. The van der Waals surface area contributed by atoms with Gasteiger partial charge in [0.05, 0.1) is 5.56 Å². The van der Waals surface area contributed by atoms with Gasteiger partial charge in [0, 0.05) is 43.3 Å². The number of carbonyl (C=O) groups is 2. The standard InChI is InChI=1S/C13H16BrN3O2/c1-9(18)16-4-6-17(7-5-16)13(19)11-8-10(14)2-3-12(11)15/h2-3,8H,4-7,15H2,1H3. The van der Waals surface area contributed by atoms with Crippen LogP contribution in [-0.2, 0) is 4.79 Å². The SMILES string of the molecule is CC(=O)N1CCN(C(=O)c2cc(Br)ccc2N)CC1. The molecule has 0 radical (unpaired) electrons. The summed E-state index contributed by atoms with van der Waals surface area (Å²) in [4.78, 5) is 27.1. The third kappa shape index (κ3) is 3.07. The Labute approximate surface area is 120 Å². The van der Waals surface area contributed by atoms with Crippen LogP contribution >= 0.6 is 15.9 Å². The van der Waals surface area contributed by atoms with Gasteiger partial charge in [-0.2, -0.15) is 0 Å². The van der Waals surface area contributed by atoms with Crippen molar-refractivity contribution in [1.82, 2.24) is 9.80 Å². The number of anilines is 1. The number of nitrogens with zero attached hydrogens (tertiary/aromatic N) is 2. The molecule has 0 aliphatic carbocycles. The van der Waals surface area contributed by atoms with Gasteiger partial charge in [0.15, 0.2) is 0 Å². The summed E-state index contributed by atoms with van der Waals surface area (Å²) in [6, 6.07) is 5.25. The zero-order chi connectivity index (χ0) is 14.0. The van der Waals surface area contributed by atoms with Crippen molar-refractivity contribution in [2.45, 2.75) is 6.92 Å². The van der Waals surface area contributed by atoms with E-state index in [0.29, 0.717) is 37.4 Å². The number of hydrogen-bond donors (Lipinski definition) is 1. The average molecular weight is 326 g/mol. The molecule has 102 valence electrons. The monoisotopic (exact) mass is 325 g/mol. The molecule has 5 nitrogen and oxygen atoms in total. The van der Waals surface area contributed by atoms with E-state index in [0.717, 1.165) is 4.47 Å². The second-order valence-corrected chi connectivity index (χ2v) is 5.45. The molecule has 1 aromatic carbocycles. The first-order chi connectivity index (χ1) is 8.99. The normalized spacial score (nSPS) is 15.5. The molecule has 0 aromatic heterocycles. The van der Waals surface area contributed by atoms with E-state index in [1.54, 1.807) is 34.9 Å². The van der Waals surface area contributed by atoms with E-state index in [9.17, 15) is 9.59 Å². The second kappa shape index (κ2) is 5.61. The van der Waals surface area contributed by atoms with Gasteiger partial charge in [0.2, 0.25) is 5.91 Å². The highest BCUT2D eigenvalue weighted by Crippen LogP contribution is 2.20. The zero-order valence-electron chi connectivity index (χ0n) is 10.7. The summed E-state index contributed by atoms with van der Waals surface area (Å²) in [5, 5.41) is 0.